The van der Waals surface area contributed by atoms with Crippen LogP contribution in [0.2, 0.25) is 5.02 Å². The maximum Gasteiger partial charge on any atom is 0.257 e. The molecule has 3 aliphatic rings. The summed E-state index contributed by atoms with van der Waals surface area (Å²) in [6, 6.07) is 4.73. The first-order chi connectivity index (χ1) is 12.5. The van der Waals surface area contributed by atoms with Crippen molar-refractivity contribution in [3.8, 4) is 11.1 Å². The van der Waals surface area contributed by atoms with Gasteiger partial charge in [0.1, 0.15) is 11.6 Å². The molecule has 0 atom stereocenters. The quantitative estimate of drug-likeness (QED) is 0.849. The van der Waals surface area contributed by atoms with E-state index in [9.17, 15) is 9.90 Å². The number of likely N-dealkylation sites (tertiary alicyclic amines) is 1. The van der Waals surface area contributed by atoms with Crippen LogP contribution in [-0.2, 0) is 5.41 Å². The molecule has 1 spiro atoms. The third-order valence-corrected chi connectivity index (χ3v) is 6.05. The Morgan fingerprint density at radius 1 is 1.35 bits per heavy atom. The number of pyridine rings is 1. The molecule has 1 saturated carbocycles. The second-order valence-electron chi connectivity index (χ2n) is 7.37. The predicted molar refractivity (Wildman–Crippen MR) is 96.0 cm³/mol. The van der Waals surface area contributed by atoms with Gasteiger partial charge in [-0.2, -0.15) is 0 Å². The number of carbonyl (C=O) groups excluding carboxylic acids is 1. The molecule has 7 heteroatoms. The number of rotatable bonds is 2. The molecular weight excluding hydrogens is 357 g/mol. The number of hydrogen-bond acceptors (Lipinski definition) is 4. The fourth-order valence-electron chi connectivity index (χ4n) is 3.91. The van der Waals surface area contributed by atoms with Crippen molar-refractivity contribution in [3.05, 3.63) is 46.4 Å². The van der Waals surface area contributed by atoms with E-state index in [0.717, 1.165) is 30.8 Å². The Hall–Kier alpha value is -2.18. The molecule has 2 aromatic rings. The number of benzene rings is 1. The van der Waals surface area contributed by atoms with Gasteiger partial charge in [-0.15, -0.1) is 0 Å². The molecule has 1 aromatic heterocycles. The third kappa shape index (κ3) is 2.18. The minimum Gasteiger partial charge on any atom is -0.389 e. The summed E-state index contributed by atoms with van der Waals surface area (Å²) in [5.74, 6) is -0.239. The number of nitrogens with one attached hydrogen (secondary N) is 1. The van der Waals surface area contributed by atoms with Gasteiger partial charge in [0, 0.05) is 47.9 Å². The number of aromatic nitrogens is 1. The fourth-order valence-corrected chi connectivity index (χ4v) is 4.35. The van der Waals surface area contributed by atoms with Crippen LogP contribution in [0.1, 0.15) is 28.8 Å². The molecule has 1 saturated heterocycles. The van der Waals surface area contributed by atoms with E-state index in [2.05, 4.69) is 10.3 Å². The van der Waals surface area contributed by atoms with Crippen molar-refractivity contribution >= 4 is 23.3 Å². The molecule has 1 aromatic carbocycles. The number of carbonyl (C=O) groups is 1. The third-order valence-electron chi connectivity index (χ3n) is 5.66. The van der Waals surface area contributed by atoms with Crippen LogP contribution >= 0.6 is 11.6 Å². The maximum atomic E-state index is 15.2. The summed E-state index contributed by atoms with van der Waals surface area (Å²) in [6.07, 6.45) is 3.14. The van der Waals surface area contributed by atoms with Gasteiger partial charge in [-0.3, -0.25) is 4.79 Å². The van der Waals surface area contributed by atoms with E-state index in [1.807, 2.05) is 0 Å². The Morgan fingerprint density at radius 3 is 2.81 bits per heavy atom. The Bertz CT molecular complexity index is 939. The average Bonchev–Trinajstić information content (AvgIpc) is 3.28. The highest BCUT2D eigenvalue weighted by Gasteiger charge is 2.51. The van der Waals surface area contributed by atoms with Gasteiger partial charge in [0.05, 0.1) is 16.7 Å². The van der Waals surface area contributed by atoms with Crippen LogP contribution in [0.3, 0.4) is 0 Å². The molecule has 0 unspecified atom stereocenters. The number of fused-ring (bicyclic) bond motifs is 2. The van der Waals surface area contributed by atoms with Gasteiger partial charge in [-0.25, -0.2) is 9.37 Å². The summed E-state index contributed by atoms with van der Waals surface area (Å²) in [5.41, 5.74) is 1.78. The Morgan fingerprint density at radius 2 is 2.12 bits per heavy atom. The van der Waals surface area contributed by atoms with Crippen molar-refractivity contribution in [3.63, 3.8) is 0 Å². The molecule has 1 amide bonds. The lowest BCUT2D eigenvalue weighted by atomic mass is 9.95. The lowest BCUT2D eigenvalue weighted by molar-refractivity contribution is 0.00560. The van der Waals surface area contributed by atoms with Gasteiger partial charge < -0.3 is 15.3 Å². The fraction of sp³-hybridized carbons (Fsp3) is 0.368. The van der Waals surface area contributed by atoms with E-state index in [-0.39, 0.29) is 29.6 Å². The van der Waals surface area contributed by atoms with Crippen LogP contribution in [-0.4, -0.2) is 46.6 Å². The highest BCUT2D eigenvalue weighted by molar-refractivity contribution is 6.34. The van der Waals surface area contributed by atoms with E-state index < -0.39 is 17.8 Å². The van der Waals surface area contributed by atoms with Crippen LogP contribution in [0.15, 0.2) is 24.4 Å². The molecule has 2 aliphatic heterocycles. The maximum absolute atomic E-state index is 15.2. The zero-order valence-corrected chi connectivity index (χ0v) is 14.7. The van der Waals surface area contributed by atoms with Crippen LogP contribution in [0.4, 0.5) is 10.2 Å². The number of hydrogen-bond donors (Lipinski definition) is 2. The van der Waals surface area contributed by atoms with Crippen LogP contribution < -0.4 is 5.32 Å². The first-order valence-corrected chi connectivity index (χ1v) is 9.07. The summed E-state index contributed by atoms with van der Waals surface area (Å²) in [4.78, 5) is 18.3. The van der Waals surface area contributed by atoms with Crippen molar-refractivity contribution in [2.45, 2.75) is 24.4 Å². The topological polar surface area (TPSA) is 65.5 Å². The van der Waals surface area contributed by atoms with Crippen molar-refractivity contribution in [2.75, 3.05) is 25.0 Å². The lowest BCUT2D eigenvalue weighted by Crippen LogP contribution is -2.53. The number of anilines is 1. The standard InChI is InChI=1S/C19H17ClFN3O2/c20-15-13(6-22-17-14(15)19(4-5-19)9-23-17)11-2-1-3-12(16(11)21)18(26)24-7-10(25)8-24/h1-3,6,10,25H,4-5,7-9H2,(H,22,23). The van der Waals surface area contributed by atoms with Gasteiger partial charge in [-0.05, 0) is 18.9 Å². The molecule has 0 bridgehead atoms. The number of β-amino-alcohol motifs (C(OH)–C–C–N with tert-alkyl or cyclic N) is 1. The second kappa shape index (κ2) is 5.41. The number of aliphatic hydroxyl groups is 1. The van der Waals surface area contributed by atoms with E-state index >= 15 is 4.39 Å². The molecule has 5 nitrogen and oxygen atoms in total. The van der Waals surface area contributed by atoms with Gasteiger partial charge in [0.25, 0.3) is 5.91 Å². The van der Waals surface area contributed by atoms with Crippen molar-refractivity contribution in [2.24, 2.45) is 0 Å². The molecule has 26 heavy (non-hydrogen) atoms. The normalized spacial score (nSPS) is 19.9. The second-order valence-corrected chi connectivity index (χ2v) is 7.75. The highest BCUT2D eigenvalue weighted by Crippen LogP contribution is 2.57. The molecule has 2 fully saturated rings. The Kier molecular flexibility index (Phi) is 3.33. The molecule has 5 rings (SSSR count). The van der Waals surface area contributed by atoms with Crippen LogP contribution in [0.5, 0.6) is 0 Å². The molecule has 2 N–H and O–H groups in total. The zero-order valence-electron chi connectivity index (χ0n) is 13.9. The van der Waals surface area contributed by atoms with Crippen molar-refractivity contribution in [1.82, 2.24) is 9.88 Å². The minimum atomic E-state index is -0.599. The highest BCUT2D eigenvalue weighted by atomic mass is 35.5. The van der Waals surface area contributed by atoms with Gasteiger partial charge in [-0.1, -0.05) is 23.7 Å². The monoisotopic (exact) mass is 373 g/mol. The summed E-state index contributed by atoms with van der Waals surface area (Å²) in [7, 11) is 0. The predicted octanol–water partition coefficient (Wildman–Crippen LogP) is 2.81. The van der Waals surface area contributed by atoms with E-state index in [1.54, 1.807) is 18.3 Å². The summed E-state index contributed by atoms with van der Waals surface area (Å²) < 4.78 is 15.2. The summed E-state index contributed by atoms with van der Waals surface area (Å²) in [5, 5.41) is 13.2. The molecular formula is C19H17ClFN3O2. The van der Waals surface area contributed by atoms with Crippen LogP contribution in [0, 0.1) is 5.82 Å². The van der Waals surface area contributed by atoms with Crippen molar-refractivity contribution < 1.29 is 14.3 Å². The summed E-state index contributed by atoms with van der Waals surface area (Å²) >= 11 is 6.66. The van der Waals surface area contributed by atoms with E-state index in [0.29, 0.717) is 10.6 Å². The smallest absolute Gasteiger partial charge is 0.257 e. The Labute approximate surface area is 154 Å². The minimum absolute atomic E-state index is 0.00905. The average molecular weight is 374 g/mol. The van der Waals surface area contributed by atoms with Gasteiger partial charge in [0.15, 0.2) is 0 Å². The summed E-state index contributed by atoms with van der Waals surface area (Å²) in [6.45, 7) is 1.28. The Balaban J connectivity index is 1.58. The van der Waals surface area contributed by atoms with Crippen LogP contribution in [0.25, 0.3) is 11.1 Å². The number of aliphatic hydroxyl groups excluding tert-OH is 1. The number of nitrogens with zero attached hydrogens (tertiary/aromatic N) is 2. The van der Waals surface area contributed by atoms with E-state index in [1.165, 1.54) is 11.0 Å². The van der Waals surface area contributed by atoms with Gasteiger partial charge in [0.2, 0.25) is 0 Å². The van der Waals surface area contributed by atoms with Crippen molar-refractivity contribution in [1.29, 1.82) is 0 Å². The number of amides is 1. The molecule has 1 aliphatic carbocycles. The number of halogens is 2. The zero-order chi connectivity index (χ0) is 18.1. The van der Waals surface area contributed by atoms with Gasteiger partial charge >= 0.3 is 0 Å². The first-order valence-electron chi connectivity index (χ1n) is 8.69. The lowest BCUT2D eigenvalue weighted by Gasteiger charge is -2.36. The first kappa shape index (κ1) is 16.0. The van der Waals surface area contributed by atoms with E-state index in [4.69, 9.17) is 11.6 Å². The molecule has 134 valence electrons. The SMILES string of the molecule is O=C(c1cccc(-c2cnc3c(c2Cl)C2(CC2)CN3)c1F)N1CC(O)C1. The largest absolute Gasteiger partial charge is 0.389 e. The molecule has 0 radical (unpaired) electrons. The molecule has 3 heterocycles.